The minimum Gasteiger partial charge on any atom is -0.380 e. The highest BCUT2D eigenvalue weighted by Gasteiger charge is 2.49. The predicted molar refractivity (Wildman–Crippen MR) is 136 cm³/mol. The van der Waals surface area contributed by atoms with E-state index in [-0.39, 0.29) is 23.4 Å². The van der Waals surface area contributed by atoms with Gasteiger partial charge in [-0.15, -0.1) is 0 Å². The minimum absolute atomic E-state index is 0.126. The van der Waals surface area contributed by atoms with E-state index in [0.29, 0.717) is 43.9 Å². The number of likely N-dealkylation sites (tertiary alicyclic amines) is 1. The number of hydrogen-bond donors (Lipinski definition) is 0. The van der Waals surface area contributed by atoms with Gasteiger partial charge in [-0.05, 0) is 42.1 Å². The fourth-order valence-electron chi connectivity index (χ4n) is 5.82. The Morgan fingerprint density at radius 3 is 2.69 bits per heavy atom. The first-order valence-corrected chi connectivity index (χ1v) is 12.9. The molecule has 1 aliphatic carbocycles. The average Bonchev–Trinajstić information content (AvgIpc) is 3.58. The summed E-state index contributed by atoms with van der Waals surface area (Å²) in [5.74, 6) is -0.126. The van der Waals surface area contributed by atoms with Gasteiger partial charge in [0.25, 0.3) is 0 Å². The van der Waals surface area contributed by atoms with Gasteiger partial charge in [0.2, 0.25) is 0 Å². The van der Waals surface area contributed by atoms with Gasteiger partial charge in [-0.2, -0.15) is 13.2 Å². The van der Waals surface area contributed by atoms with Crippen LogP contribution in [0.5, 0.6) is 0 Å². The lowest BCUT2D eigenvalue weighted by Crippen LogP contribution is -2.50. The van der Waals surface area contributed by atoms with Crippen molar-refractivity contribution >= 4 is 17.6 Å². The third-order valence-electron chi connectivity index (χ3n) is 8.30. The zero-order valence-corrected chi connectivity index (χ0v) is 21.6. The molecule has 2 fully saturated rings. The predicted octanol–water partition coefficient (Wildman–Crippen LogP) is 4.49. The molecule has 2 aromatic rings. The molecule has 2 saturated heterocycles. The number of halogens is 4. The van der Waals surface area contributed by atoms with Crippen LogP contribution in [0, 0.1) is 23.9 Å². The summed E-state index contributed by atoms with van der Waals surface area (Å²) in [6.07, 6.45) is 7.86. The van der Waals surface area contributed by atoms with E-state index in [1.807, 2.05) is 30.2 Å². The lowest BCUT2D eigenvalue weighted by atomic mass is 9.67. The molecule has 0 aromatic carbocycles. The standard InChI is InChI=1S/C27H29F4N6O2/c1-17(35-7-6-20(28)12-35)18-8-22(27(29,30)31)23-13-36(25(38)37(23)11-18)21-5-3-4-19(9-21)26(14-39-15-26)10-24-33-32-16-34(24)2/h3-5,8-9,11,13,16-17,19-20H,6-7,10,12,14-15H2,1-2H3/q+1/t17-,19?,20-/m0/s1. The molecule has 0 N–H and O–H groups in total. The van der Waals surface area contributed by atoms with Crippen LogP contribution in [0.2, 0.25) is 0 Å². The van der Waals surface area contributed by atoms with E-state index in [1.165, 1.54) is 17.0 Å². The van der Waals surface area contributed by atoms with Gasteiger partial charge in [-0.3, -0.25) is 13.9 Å². The van der Waals surface area contributed by atoms with Crippen molar-refractivity contribution in [1.82, 2.24) is 13.9 Å². The van der Waals surface area contributed by atoms with Gasteiger partial charge in [0.05, 0.1) is 36.5 Å². The van der Waals surface area contributed by atoms with Gasteiger partial charge in [-0.25, -0.2) is 13.8 Å². The van der Waals surface area contributed by atoms with Crippen LogP contribution in [0.1, 0.15) is 36.9 Å². The monoisotopic (exact) mass is 545 g/mol. The number of fused-ring (bicyclic) bond motifs is 1. The molecule has 4 aliphatic rings. The normalized spacial score (nSPS) is 26.2. The number of imidazole rings is 1. The number of alkyl halides is 4. The van der Waals surface area contributed by atoms with Crippen molar-refractivity contribution in [2.45, 2.75) is 38.2 Å². The molecular formula is C27H29F4N6O2+. The van der Waals surface area contributed by atoms with Crippen LogP contribution >= 0.6 is 0 Å². The van der Waals surface area contributed by atoms with Gasteiger partial charge in [0.15, 0.2) is 0 Å². The van der Waals surface area contributed by atoms with Gasteiger partial charge in [-0.1, -0.05) is 12.2 Å². The molecule has 8 nitrogen and oxygen atoms in total. The number of rotatable bonds is 6. The van der Waals surface area contributed by atoms with Crippen molar-refractivity contribution in [2.75, 3.05) is 33.4 Å². The first-order valence-electron chi connectivity index (χ1n) is 12.9. The first-order chi connectivity index (χ1) is 18.6. The number of ether oxygens (including phenoxy) is 1. The molecule has 3 aliphatic heterocycles. The van der Waals surface area contributed by atoms with Gasteiger partial charge >= 0.3 is 24.4 Å². The molecule has 2 radical (unpaired) electrons. The maximum atomic E-state index is 14.2. The van der Waals surface area contributed by atoms with E-state index in [4.69, 9.17) is 4.74 Å². The van der Waals surface area contributed by atoms with Crippen molar-refractivity contribution in [3.05, 3.63) is 70.9 Å². The second kappa shape index (κ2) is 9.51. The fraction of sp³-hybridized carbons (Fsp3) is 0.481. The Morgan fingerprint density at radius 2 is 2.08 bits per heavy atom. The second-order valence-electron chi connectivity index (χ2n) is 10.8. The van der Waals surface area contributed by atoms with Crippen molar-refractivity contribution in [3.63, 3.8) is 0 Å². The highest BCUT2D eigenvalue weighted by atomic mass is 19.4. The lowest BCUT2D eigenvalue weighted by Gasteiger charge is -2.47. The molecule has 3 atom stereocenters. The smallest absolute Gasteiger partial charge is 0.380 e. The lowest BCUT2D eigenvalue weighted by molar-refractivity contribution is -0.480. The van der Waals surface area contributed by atoms with Crippen molar-refractivity contribution in [3.8, 4) is 0 Å². The summed E-state index contributed by atoms with van der Waals surface area (Å²) in [4.78, 5) is 15.4. The van der Waals surface area contributed by atoms with Gasteiger partial charge in [0.1, 0.15) is 6.17 Å². The SMILES string of the molecule is C[C@@H](c1cc(C(F)(F)F)c2cn(C3=CC=CC(C4(C[C]5N=NC=[N+]5C)COC4)[CH]3)c(=O)n2c1)N1CC[C@H](F)C1. The van der Waals surface area contributed by atoms with Crippen molar-refractivity contribution in [1.29, 1.82) is 0 Å². The summed E-state index contributed by atoms with van der Waals surface area (Å²) in [6.45, 7) is 3.33. The molecule has 1 unspecified atom stereocenters. The summed E-state index contributed by atoms with van der Waals surface area (Å²) in [7, 11) is 1.87. The van der Waals surface area contributed by atoms with Crippen LogP contribution in [-0.2, 0) is 10.9 Å². The number of azo groups is 1. The van der Waals surface area contributed by atoms with Crippen LogP contribution in [0.4, 0.5) is 17.6 Å². The Morgan fingerprint density at radius 1 is 1.28 bits per heavy atom. The maximum Gasteiger partial charge on any atom is 0.418 e. The van der Waals surface area contributed by atoms with E-state index < -0.39 is 29.6 Å². The maximum absolute atomic E-state index is 14.2. The Balaban J connectivity index is 1.34. The summed E-state index contributed by atoms with van der Waals surface area (Å²) in [5, 5.41) is 8.16. The average molecular weight is 546 g/mol. The highest BCUT2D eigenvalue weighted by Crippen LogP contribution is 2.47. The van der Waals surface area contributed by atoms with E-state index in [0.717, 1.165) is 16.6 Å². The molecule has 0 bridgehead atoms. The Kier molecular flexibility index (Phi) is 6.37. The molecule has 2 aromatic heterocycles. The van der Waals surface area contributed by atoms with Crippen molar-refractivity contribution < 1.29 is 26.9 Å². The third-order valence-corrected chi connectivity index (χ3v) is 8.30. The van der Waals surface area contributed by atoms with Gasteiger partial charge < -0.3 is 4.74 Å². The second-order valence-corrected chi connectivity index (χ2v) is 10.8. The molecular weight excluding hydrogens is 516 g/mol. The largest absolute Gasteiger partial charge is 0.418 e. The van der Waals surface area contributed by atoms with Crippen LogP contribution in [0.15, 0.2) is 51.7 Å². The molecule has 12 heteroatoms. The van der Waals surface area contributed by atoms with E-state index in [9.17, 15) is 22.4 Å². The summed E-state index contributed by atoms with van der Waals surface area (Å²) in [6, 6.07) is 0.608. The summed E-state index contributed by atoms with van der Waals surface area (Å²) in [5.41, 5.74) is -1.22. The van der Waals surface area contributed by atoms with Crippen LogP contribution < -0.4 is 5.69 Å². The first kappa shape index (κ1) is 26.1. The molecule has 0 amide bonds. The fourth-order valence-corrected chi connectivity index (χ4v) is 5.82. The van der Waals surface area contributed by atoms with E-state index in [1.54, 1.807) is 24.2 Å². The summed E-state index contributed by atoms with van der Waals surface area (Å²) >= 11 is 0. The minimum atomic E-state index is -4.68. The van der Waals surface area contributed by atoms with E-state index in [2.05, 4.69) is 10.2 Å². The molecule has 39 heavy (non-hydrogen) atoms. The number of nitrogens with zero attached hydrogens (tertiary/aromatic N) is 6. The molecule has 0 spiro atoms. The number of allylic oxidation sites excluding steroid dienone is 4. The van der Waals surface area contributed by atoms with Crippen molar-refractivity contribution in [2.24, 2.45) is 21.6 Å². The van der Waals surface area contributed by atoms with Gasteiger partial charge in [0, 0.05) is 55.5 Å². The number of aromatic nitrogens is 2. The highest BCUT2D eigenvalue weighted by molar-refractivity contribution is 5.65. The zero-order chi connectivity index (χ0) is 27.5. The molecule has 6 rings (SSSR count). The van der Waals surface area contributed by atoms with Crippen LogP contribution in [-0.4, -0.2) is 64.3 Å². The van der Waals surface area contributed by atoms with Crippen LogP contribution in [0.25, 0.3) is 11.2 Å². The Hall–Kier alpha value is -3.12. The zero-order valence-electron chi connectivity index (χ0n) is 21.6. The number of hydrogen-bond acceptors (Lipinski definition) is 5. The summed E-state index contributed by atoms with van der Waals surface area (Å²) < 4.78 is 66.2. The number of pyridine rings is 1. The quantitative estimate of drug-likeness (QED) is 0.397. The molecule has 5 heterocycles. The Bertz CT molecular complexity index is 1460. The Labute approximate surface area is 222 Å². The van der Waals surface area contributed by atoms with Crippen LogP contribution in [0.3, 0.4) is 0 Å². The van der Waals surface area contributed by atoms with E-state index >= 15 is 0 Å². The molecule has 0 saturated carbocycles. The molecule has 206 valence electrons. The topological polar surface area (TPSA) is 66.6 Å². The third kappa shape index (κ3) is 4.57.